The standard InChI is InChI=1S/C19H27N5O/c1-13-6-7-14(2)24(13)17-5-4-10-22(12-17)19(25)16-8-9-18-21-20-15(3)23(18)11-16/h8-9,11,13-14,17H,4-7,10,12H2,1-3H3/t13-,14-,17-/m0/s1. The van der Waals surface area contributed by atoms with Crippen LogP contribution in [0.3, 0.4) is 0 Å². The third kappa shape index (κ3) is 2.92. The van der Waals surface area contributed by atoms with Crippen LogP contribution in [0.2, 0.25) is 0 Å². The topological polar surface area (TPSA) is 53.7 Å². The van der Waals surface area contributed by atoms with Crippen molar-refractivity contribution in [1.29, 1.82) is 0 Å². The van der Waals surface area contributed by atoms with Gasteiger partial charge in [-0.3, -0.25) is 14.1 Å². The van der Waals surface area contributed by atoms with E-state index in [1.807, 2.05) is 34.6 Å². The molecule has 0 radical (unpaired) electrons. The molecule has 2 fully saturated rings. The third-order valence-corrected chi connectivity index (χ3v) is 5.95. The molecule has 6 nitrogen and oxygen atoms in total. The van der Waals surface area contributed by atoms with Gasteiger partial charge in [0.15, 0.2) is 5.65 Å². The van der Waals surface area contributed by atoms with Crippen LogP contribution in [0.5, 0.6) is 0 Å². The van der Waals surface area contributed by atoms with Crippen LogP contribution in [-0.4, -0.2) is 61.5 Å². The van der Waals surface area contributed by atoms with Crippen molar-refractivity contribution in [3.05, 3.63) is 29.7 Å². The lowest BCUT2D eigenvalue weighted by Crippen LogP contribution is -2.52. The van der Waals surface area contributed by atoms with Gasteiger partial charge < -0.3 is 4.90 Å². The van der Waals surface area contributed by atoms with Crippen molar-refractivity contribution in [3.8, 4) is 0 Å². The zero-order valence-corrected chi connectivity index (χ0v) is 15.4. The lowest BCUT2D eigenvalue weighted by Gasteiger charge is -2.41. The minimum atomic E-state index is 0.124. The van der Waals surface area contributed by atoms with Gasteiger partial charge in [0, 0.05) is 37.4 Å². The summed E-state index contributed by atoms with van der Waals surface area (Å²) in [6.07, 6.45) is 6.70. The van der Waals surface area contributed by atoms with Gasteiger partial charge in [0.1, 0.15) is 5.82 Å². The molecule has 0 saturated carbocycles. The second kappa shape index (κ2) is 6.41. The Bertz CT molecular complexity index is 775. The molecule has 6 heteroatoms. The van der Waals surface area contributed by atoms with Gasteiger partial charge in [-0.15, -0.1) is 10.2 Å². The van der Waals surface area contributed by atoms with Gasteiger partial charge in [-0.05, 0) is 58.6 Å². The summed E-state index contributed by atoms with van der Waals surface area (Å²) >= 11 is 0. The molecule has 134 valence electrons. The summed E-state index contributed by atoms with van der Waals surface area (Å²) in [6.45, 7) is 8.25. The minimum absolute atomic E-state index is 0.124. The van der Waals surface area contributed by atoms with Crippen LogP contribution >= 0.6 is 0 Å². The van der Waals surface area contributed by atoms with Crippen LogP contribution in [0.1, 0.15) is 55.7 Å². The van der Waals surface area contributed by atoms with Crippen LogP contribution in [0.4, 0.5) is 0 Å². The van der Waals surface area contributed by atoms with Crippen LogP contribution in [-0.2, 0) is 0 Å². The summed E-state index contributed by atoms with van der Waals surface area (Å²) in [7, 11) is 0. The molecule has 3 atom stereocenters. The molecule has 2 saturated heterocycles. The molecule has 4 heterocycles. The summed E-state index contributed by atoms with van der Waals surface area (Å²) in [4.78, 5) is 17.7. The number of pyridine rings is 1. The van der Waals surface area contributed by atoms with E-state index in [-0.39, 0.29) is 5.91 Å². The monoisotopic (exact) mass is 341 g/mol. The molecule has 2 aromatic heterocycles. The first kappa shape index (κ1) is 16.5. The highest BCUT2D eigenvalue weighted by Crippen LogP contribution is 2.30. The summed E-state index contributed by atoms with van der Waals surface area (Å²) in [5.41, 5.74) is 1.50. The number of fused-ring (bicyclic) bond motifs is 1. The van der Waals surface area contributed by atoms with E-state index in [9.17, 15) is 4.79 Å². The number of hydrogen-bond donors (Lipinski definition) is 0. The maximum atomic E-state index is 13.1. The number of carbonyl (C=O) groups is 1. The molecular weight excluding hydrogens is 314 g/mol. The maximum Gasteiger partial charge on any atom is 0.255 e. The van der Waals surface area contributed by atoms with E-state index in [2.05, 4.69) is 28.9 Å². The van der Waals surface area contributed by atoms with Crippen molar-refractivity contribution < 1.29 is 4.79 Å². The predicted molar refractivity (Wildman–Crippen MR) is 96.6 cm³/mol. The van der Waals surface area contributed by atoms with E-state index >= 15 is 0 Å². The van der Waals surface area contributed by atoms with Gasteiger partial charge in [0.05, 0.1) is 5.56 Å². The summed E-state index contributed by atoms with van der Waals surface area (Å²) in [5, 5.41) is 8.16. The lowest BCUT2D eigenvalue weighted by molar-refractivity contribution is 0.0486. The van der Waals surface area contributed by atoms with E-state index < -0.39 is 0 Å². The van der Waals surface area contributed by atoms with Crippen molar-refractivity contribution in [2.45, 2.75) is 64.6 Å². The first-order valence-electron chi connectivity index (χ1n) is 9.42. The number of hydrogen-bond acceptors (Lipinski definition) is 4. The predicted octanol–water partition coefficient (Wildman–Crippen LogP) is 2.52. The van der Waals surface area contributed by atoms with Gasteiger partial charge in [0.25, 0.3) is 5.91 Å². The number of aromatic nitrogens is 3. The molecule has 2 aliphatic rings. The molecule has 25 heavy (non-hydrogen) atoms. The Kier molecular flexibility index (Phi) is 4.23. The van der Waals surface area contributed by atoms with E-state index in [1.165, 1.54) is 19.3 Å². The van der Waals surface area contributed by atoms with Crippen LogP contribution in [0, 0.1) is 6.92 Å². The number of amides is 1. The zero-order valence-electron chi connectivity index (χ0n) is 15.4. The molecule has 0 spiro atoms. The quantitative estimate of drug-likeness (QED) is 0.842. The number of carbonyl (C=O) groups excluding carboxylic acids is 1. The van der Waals surface area contributed by atoms with Gasteiger partial charge >= 0.3 is 0 Å². The number of piperidine rings is 1. The van der Waals surface area contributed by atoms with E-state index in [4.69, 9.17) is 0 Å². The molecule has 0 aromatic carbocycles. The van der Waals surface area contributed by atoms with Crippen molar-refractivity contribution in [2.24, 2.45) is 0 Å². The highest BCUT2D eigenvalue weighted by Gasteiger charge is 2.36. The highest BCUT2D eigenvalue weighted by atomic mass is 16.2. The number of aryl methyl sites for hydroxylation is 1. The van der Waals surface area contributed by atoms with Crippen molar-refractivity contribution in [3.63, 3.8) is 0 Å². The fourth-order valence-electron chi connectivity index (χ4n) is 4.63. The van der Waals surface area contributed by atoms with Crippen molar-refractivity contribution >= 4 is 11.6 Å². The average molecular weight is 341 g/mol. The van der Waals surface area contributed by atoms with Crippen LogP contribution < -0.4 is 0 Å². The fraction of sp³-hybridized carbons (Fsp3) is 0.632. The molecule has 2 aliphatic heterocycles. The Balaban J connectivity index is 1.53. The Hall–Kier alpha value is -1.95. The molecule has 0 aliphatic carbocycles. The van der Waals surface area contributed by atoms with Gasteiger partial charge in [0.2, 0.25) is 0 Å². The van der Waals surface area contributed by atoms with Gasteiger partial charge in [-0.2, -0.15) is 0 Å². The normalized spacial score (nSPS) is 28.0. The maximum absolute atomic E-state index is 13.1. The van der Waals surface area contributed by atoms with Crippen LogP contribution in [0.15, 0.2) is 18.3 Å². The van der Waals surface area contributed by atoms with Crippen molar-refractivity contribution in [2.75, 3.05) is 13.1 Å². The molecule has 0 bridgehead atoms. The summed E-state index contributed by atoms with van der Waals surface area (Å²) in [5.74, 6) is 0.931. The number of likely N-dealkylation sites (tertiary alicyclic amines) is 2. The SMILES string of the molecule is Cc1nnc2ccc(C(=O)N3CCC[C@H](N4[C@@H](C)CC[C@@H]4C)C3)cn12. The summed E-state index contributed by atoms with van der Waals surface area (Å²) < 4.78 is 1.89. The van der Waals surface area contributed by atoms with Gasteiger partial charge in [-0.1, -0.05) is 0 Å². The minimum Gasteiger partial charge on any atom is -0.337 e. The zero-order chi connectivity index (χ0) is 17.6. The average Bonchev–Trinajstić information content (AvgIpc) is 3.16. The molecule has 4 rings (SSSR count). The van der Waals surface area contributed by atoms with E-state index in [1.54, 1.807) is 0 Å². The Morgan fingerprint density at radius 3 is 2.64 bits per heavy atom. The Morgan fingerprint density at radius 1 is 1.12 bits per heavy atom. The Labute approximate surface area is 148 Å². The number of rotatable bonds is 2. The molecular formula is C19H27N5O. The second-order valence-corrected chi connectivity index (χ2v) is 7.66. The molecule has 1 amide bonds. The number of nitrogens with zero attached hydrogens (tertiary/aromatic N) is 5. The molecule has 2 aromatic rings. The lowest BCUT2D eigenvalue weighted by atomic mass is 10.0. The third-order valence-electron chi connectivity index (χ3n) is 5.95. The van der Waals surface area contributed by atoms with Crippen molar-refractivity contribution in [1.82, 2.24) is 24.4 Å². The first-order valence-corrected chi connectivity index (χ1v) is 9.42. The van der Waals surface area contributed by atoms with Gasteiger partial charge in [-0.25, -0.2) is 0 Å². The Morgan fingerprint density at radius 2 is 1.88 bits per heavy atom. The fourth-order valence-corrected chi connectivity index (χ4v) is 4.63. The van der Waals surface area contributed by atoms with E-state index in [0.29, 0.717) is 18.1 Å². The molecule has 0 N–H and O–H groups in total. The molecule has 0 unspecified atom stereocenters. The first-order chi connectivity index (χ1) is 12.0. The second-order valence-electron chi connectivity index (χ2n) is 7.66. The smallest absolute Gasteiger partial charge is 0.255 e. The highest BCUT2D eigenvalue weighted by molar-refractivity contribution is 5.94. The largest absolute Gasteiger partial charge is 0.337 e. The summed E-state index contributed by atoms with van der Waals surface area (Å²) in [6, 6.07) is 5.50. The van der Waals surface area contributed by atoms with E-state index in [0.717, 1.165) is 36.5 Å². The van der Waals surface area contributed by atoms with Crippen LogP contribution in [0.25, 0.3) is 5.65 Å².